The number of rotatable bonds is 6. The first-order valence-corrected chi connectivity index (χ1v) is 11.6. The van der Waals surface area contributed by atoms with Crippen LogP contribution in [0.5, 0.6) is 0 Å². The Morgan fingerprint density at radius 3 is 2.49 bits per heavy atom. The van der Waals surface area contributed by atoms with E-state index < -0.39 is 5.97 Å². The van der Waals surface area contributed by atoms with E-state index in [1.165, 1.54) is 0 Å². The summed E-state index contributed by atoms with van der Waals surface area (Å²) in [6.07, 6.45) is 1.66. The average molecular weight is 490 g/mol. The minimum absolute atomic E-state index is 0. The van der Waals surface area contributed by atoms with Crippen LogP contribution < -0.4 is 0 Å². The topological polar surface area (TPSA) is 79.5 Å². The SMILES string of the molecule is Cc1c(-c2ccccc2)cccc1-c1nnc(-c2cccc(CN3CCC[C@@H](C(=O)O)C3)c2)o1.Cl. The summed E-state index contributed by atoms with van der Waals surface area (Å²) in [5.41, 5.74) is 6.27. The summed E-state index contributed by atoms with van der Waals surface area (Å²) in [6.45, 7) is 4.28. The molecule has 0 radical (unpaired) electrons. The molecular weight excluding hydrogens is 462 g/mol. The zero-order valence-electron chi connectivity index (χ0n) is 19.6. The second-order valence-electron chi connectivity index (χ2n) is 8.87. The Kier molecular flexibility index (Phi) is 7.63. The van der Waals surface area contributed by atoms with Crippen molar-refractivity contribution in [2.45, 2.75) is 26.3 Å². The molecule has 0 amide bonds. The molecule has 0 bridgehead atoms. The van der Waals surface area contributed by atoms with E-state index >= 15 is 0 Å². The van der Waals surface area contributed by atoms with Gasteiger partial charge in [-0.05, 0) is 66.8 Å². The molecule has 0 unspecified atom stereocenters. The van der Waals surface area contributed by atoms with Crippen molar-refractivity contribution in [1.29, 1.82) is 0 Å². The van der Waals surface area contributed by atoms with Gasteiger partial charge in [-0.2, -0.15) is 0 Å². The second kappa shape index (κ2) is 10.8. The van der Waals surface area contributed by atoms with Crippen molar-refractivity contribution in [2.24, 2.45) is 5.92 Å². The van der Waals surface area contributed by atoms with Crippen LogP contribution in [0.2, 0.25) is 0 Å². The van der Waals surface area contributed by atoms with Gasteiger partial charge in [0.15, 0.2) is 0 Å². The highest BCUT2D eigenvalue weighted by molar-refractivity contribution is 5.85. The lowest BCUT2D eigenvalue weighted by Crippen LogP contribution is -2.38. The molecular formula is C28H28ClN3O3. The van der Waals surface area contributed by atoms with Crippen molar-refractivity contribution in [3.63, 3.8) is 0 Å². The number of hydrogen-bond donors (Lipinski definition) is 1. The van der Waals surface area contributed by atoms with Gasteiger partial charge in [-0.25, -0.2) is 0 Å². The standard InChI is InChI=1S/C28H27N3O3.ClH/c1-19-24(21-9-3-2-4-10-21)13-6-14-25(19)27-30-29-26(34-27)22-11-5-8-20(16-22)17-31-15-7-12-23(18-31)28(32)33;/h2-6,8-11,13-14,16,23H,7,12,15,17-18H2,1H3,(H,32,33);1H/t23-;/m1./s1. The van der Waals surface area contributed by atoms with Gasteiger partial charge in [-0.15, -0.1) is 22.6 Å². The van der Waals surface area contributed by atoms with Crippen LogP contribution in [0.1, 0.15) is 24.0 Å². The quantitative estimate of drug-likeness (QED) is 0.352. The summed E-state index contributed by atoms with van der Waals surface area (Å²) in [5.74, 6) is -0.0202. The number of benzene rings is 3. The van der Waals surface area contributed by atoms with E-state index in [0.717, 1.165) is 52.8 Å². The number of halogens is 1. The summed E-state index contributed by atoms with van der Waals surface area (Å²) in [6, 6.07) is 24.4. The molecule has 1 aliphatic rings. The van der Waals surface area contributed by atoms with Gasteiger partial charge in [0.2, 0.25) is 11.8 Å². The van der Waals surface area contributed by atoms with Crippen molar-refractivity contribution >= 4 is 18.4 Å². The van der Waals surface area contributed by atoms with Gasteiger partial charge in [-0.1, -0.05) is 54.6 Å². The molecule has 0 spiro atoms. The normalized spacial score (nSPS) is 16.0. The lowest BCUT2D eigenvalue weighted by Gasteiger charge is -2.30. The van der Waals surface area contributed by atoms with Crippen LogP contribution in [0.25, 0.3) is 34.0 Å². The van der Waals surface area contributed by atoms with Gasteiger partial charge >= 0.3 is 5.97 Å². The highest BCUT2D eigenvalue weighted by Crippen LogP contribution is 2.32. The number of likely N-dealkylation sites (tertiary alicyclic amines) is 1. The van der Waals surface area contributed by atoms with E-state index in [1.807, 2.05) is 42.5 Å². The molecule has 1 N–H and O–H groups in total. The first-order valence-electron chi connectivity index (χ1n) is 11.6. The maximum Gasteiger partial charge on any atom is 0.307 e. The lowest BCUT2D eigenvalue weighted by molar-refractivity contribution is -0.143. The fourth-order valence-corrected chi connectivity index (χ4v) is 4.71. The number of aromatic nitrogens is 2. The lowest BCUT2D eigenvalue weighted by atomic mass is 9.96. The van der Waals surface area contributed by atoms with Crippen molar-refractivity contribution in [3.8, 4) is 34.0 Å². The Labute approximate surface area is 211 Å². The average Bonchev–Trinajstić information content (AvgIpc) is 3.35. The van der Waals surface area contributed by atoms with E-state index in [1.54, 1.807) is 0 Å². The van der Waals surface area contributed by atoms with Crippen LogP contribution in [0.3, 0.4) is 0 Å². The third kappa shape index (κ3) is 5.45. The van der Waals surface area contributed by atoms with E-state index in [4.69, 9.17) is 4.42 Å². The smallest absolute Gasteiger partial charge is 0.307 e. The molecule has 3 aromatic carbocycles. The summed E-state index contributed by atoms with van der Waals surface area (Å²) in [7, 11) is 0. The zero-order chi connectivity index (χ0) is 23.5. The second-order valence-corrected chi connectivity index (χ2v) is 8.87. The molecule has 1 saturated heterocycles. The number of carboxylic acid groups (broad SMARTS) is 1. The van der Waals surface area contributed by atoms with Crippen molar-refractivity contribution in [3.05, 3.63) is 83.9 Å². The monoisotopic (exact) mass is 489 g/mol. The summed E-state index contributed by atoms with van der Waals surface area (Å²) in [5, 5.41) is 18.0. The fourth-order valence-electron chi connectivity index (χ4n) is 4.71. The number of hydrogen-bond acceptors (Lipinski definition) is 5. The first kappa shape index (κ1) is 24.6. The van der Waals surface area contributed by atoms with Crippen LogP contribution in [-0.4, -0.2) is 39.3 Å². The van der Waals surface area contributed by atoms with Gasteiger partial charge in [0.05, 0.1) is 5.92 Å². The predicted molar refractivity (Wildman–Crippen MR) is 138 cm³/mol. The predicted octanol–water partition coefficient (Wildman–Crippen LogP) is 6.10. The molecule has 0 saturated carbocycles. The molecule has 1 aliphatic heterocycles. The third-order valence-electron chi connectivity index (χ3n) is 6.51. The molecule has 180 valence electrons. The van der Waals surface area contributed by atoms with E-state index in [9.17, 15) is 9.90 Å². The third-order valence-corrected chi connectivity index (χ3v) is 6.51. The Balaban J connectivity index is 0.00000289. The molecule has 1 fully saturated rings. The van der Waals surface area contributed by atoms with Crippen LogP contribution in [0.15, 0.2) is 77.2 Å². The first-order chi connectivity index (χ1) is 16.6. The largest absolute Gasteiger partial charge is 0.481 e. The summed E-state index contributed by atoms with van der Waals surface area (Å²) in [4.78, 5) is 13.6. The van der Waals surface area contributed by atoms with Gasteiger partial charge in [0.1, 0.15) is 0 Å². The van der Waals surface area contributed by atoms with Crippen LogP contribution >= 0.6 is 12.4 Å². The molecule has 5 rings (SSSR count). The Morgan fingerprint density at radius 2 is 1.69 bits per heavy atom. The van der Waals surface area contributed by atoms with Gasteiger partial charge in [0, 0.05) is 24.2 Å². The maximum absolute atomic E-state index is 11.4. The number of piperidine rings is 1. The minimum Gasteiger partial charge on any atom is -0.481 e. The Morgan fingerprint density at radius 1 is 0.971 bits per heavy atom. The number of nitrogens with zero attached hydrogens (tertiary/aromatic N) is 3. The van der Waals surface area contributed by atoms with Crippen molar-refractivity contribution in [2.75, 3.05) is 13.1 Å². The van der Waals surface area contributed by atoms with Crippen LogP contribution in [0.4, 0.5) is 0 Å². The molecule has 6 nitrogen and oxygen atoms in total. The van der Waals surface area contributed by atoms with Gasteiger partial charge in [0.25, 0.3) is 0 Å². The highest BCUT2D eigenvalue weighted by atomic mass is 35.5. The fraction of sp³-hybridized carbons (Fsp3) is 0.250. The highest BCUT2D eigenvalue weighted by Gasteiger charge is 2.25. The van der Waals surface area contributed by atoms with E-state index in [0.29, 0.717) is 24.9 Å². The number of aliphatic carboxylic acids is 1. The van der Waals surface area contributed by atoms with Crippen LogP contribution in [-0.2, 0) is 11.3 Å². The molecule has 35 heavy (non-hydrogen) atoms. The molecule has 2 heterocycles. The molecule has 1 aromatic heterocycles. The molecule has 4 aromatic rings. The summed E-state index contributed by atoms with van der Waals surface area (Å²) >= 11 is 0. The van der Waals surface area contributed by atoms with Gasteiger partial charge in [-0.3, -0.25) is 9.69 Å². The van der Waals surface area contributed by atoms with Crippen molar-refractivity contribution in [1.82, 2.24) is 15.1 Å². The number of carboxylic acids is 1. The maximum atomic E-state index is 11.4. The molecule has 1 atom stereocenters. The number of carbonyl (C=O) groups is 1. The molecule has 0 aliphatic carbocycles. The van der Waals surface area contributed by atoms with Crippen LogP contribution in [0, 0.1) is 12.8 Å². The summed E-state index contributed by atoms with van der Waals surface area (Å²) < 4.78 is 6.11. The van der Waals surface area contributed by atoms with E-state index in [-0.39, 0.29) is 18.3 Å². The minimum atomic E-state index is -0.705. The van der Waals surface area contributed by atoms with E-state index in [2.05, 4.69) is 52.4 Å². The Bertz CT molecular complexity index is 1310. The Hall–Kier alpha value is -3.48. The van der Waals surface area contributed by atoms with Gasteiger partial charge < -0.3 is 9.52 Å². The zero-order valence-corrected chi connectivity index (χ0v) is 20.4. The van der Waals surface area contributed by atoms with Crippen molar-refractivity contribution < 1.29 is 14.3 Å². The molecule has 7 heteroatoms.